The molecule has 5 nitrogen and oxygen atoms in total. The number of halogens is 2. The molecule has 3 rings (SSSR count). The van der Waals surface area contributed by atoms with E-state index in [0.29, 0.717) is 29.8 Å². The molecule has 1 unspecified atom stereocenters. The van der Waals surface area contributed by atoms with E-state index < -0.39 is 11.4 Å². The van der Waals surface area contributed by atoms with Gasteiger partial charge in [0.2, 0.25) is 0 Å². The quantitative estimate of drug-likeness (QED) is 0.726. The fourth-order valence-corrected chi connectivity index (χ4v) is 3.64. The van der Waals surface area contributed by atoms with E-state index in [1.165, 1.54) is 11.0 Å². The Morgan fingerprint density at radius 2 is 2.16 bits per heavy atom. The molecule has 1 aromatic carbocycles. The lowest BCUT2D eigenvalue weighted by Crippen LogP contribution is -2.45. The first-order chi connectivity index (χ1) is 11.9. The summed E-state index contributed by atoms with van der Waals surface area (Å²) in [7, 11) is 0. The number of rotatable bonds is 5. The number of amides is 2. The third kappa shape index (κ3) is 4.51. The van der Waals surface area contributed by atoms with Crippen LogP contribution in [0.25, 0.3) is 0 Å². The Hall–Kier alpha value is -1.18. The summed E-state index contributed by atoms with van der Waals surface area (Å²) in [5, 5.41) is 0. The maximum absolute atomic E-state index is 14.2. The summed E-state index contributed by atoms with van der Waals surface area (Å²) in [5.74, 6) is -0.407. The fourth-order valence-electron chi connectivity index (χ4n) is 3.31. The monoisotopic (exact) mass is 414 g/mol. The van der Waals surface area contributed by atoms with Crippen molar-refractivity contribution >= 4 is 27.6 Å². The number of ether oxygens (including phenoxy) is 2. The molecule has 0 N–H and O–H groups in total. The second kappa shape index (κ2) is 7.60. The number of urea groups is 1. The molecule has 2 aliphatic heterocycles. The Morgan fingerprint density at radius 3 is 2.84 bits per heavy atom. The first kappa shape index (κ1) is 18.6. The van der Waals surface area contributed by atoms with Gasteiger partial charge in [-0.1, -0.05) is 15.9 Å². The Bertz CT molecular complexity index is 635. The van der Waals surface area contributed by atoms with Crippen molar-refractivity contribution in [3.8, 4) is 0 Å². The predicted molar refractivity (Wildman–Crippen MR) is 97.2 cm³/mol. The normalized spacial score (nSPS) is 21.9. The molecule has 0 bridgehead atoms. The van der Waals surface area contributed by atoms with Crippen LogP contribution in [0, 0.1) is 5.82 Å². The summed E-state index contributed by atoms with van der Waals surface area (Å²) in [6.45, 7) is 6.10. The standard InChI is InChI=1S/C18H24BrFN2O3/c1-18(2,25-16-5-3-4-10-24-16)12-21-8-9-22(17(21)23)15-7-6-13(19)11-14(15)20/h6-7,11,16H,3-5,8-10,12H2,1-2H3. The number of carbonyl (C=O) groups excluding carboxylic acids is 1. The van der Waals surface area contributed by atoms with Crippen LogP contribution in [0.1, 0.15) is 33.1 Å². The minimum atomic E-state index is -0.522. The van der Waals surface area contributed by atoms with Gasteiger partial charge < -0.3 is 14.4 Å². The largest absolute Gasteiger partial charge is 0.353 e. The summed E-state index contributed by atoms with van der Waals surface area (Å²) in [6, 6.07) is 4.54. The molecule has 0 aromatic heterocycles. The lowest BCUT2D eigenvalue weighted by atomic mass is 10.1. The molecule has 7 heteroatoms. The highest BCUT2D eigenvalue weighted by molar-refractivity contribution is 9.10. The molecule has 2 heterocycles. The molecule has 2 aliphatic rings. The van der Waals surface area contributed by atoms with Gasteiger partial charge in [0.15, 0.2) is 6.29 Å². The van der Waals surface area contributed by atoms with Crippen LogP contribution in [0.15, 0.2) is 22.7 Å². The van der Waals surface area contributed by atoms with Crippen LogP contribution in [0.3, 0.4) is 0 Å². The molecule has 2 fully saturated rings. The molecular formula is C18H24BrFN2O3. The van der Waals surface area contributed by atoms with Gasteiger partial charge >= 0.3 is 6.03 Å². The van der Waals surface area contributed by atoms with E-state index in [0.717, 1.165) is 25.9 Å². The van der Waals surface area contributed by atoms with E-state index in [1.54, 1.807) is 17.0 Å². The maximum Gasteiger partial charge on any atom is 0.324 e. The summed E-state index contributed by atoms with van der Waals surface area (Å²) >= 11 is 3.24. The first-order valence-electron chi connectivity index (χ1n) is 8.67. The van der Waals surface area contributed by atoms with Crippen molar-refractivity contribution in [1.29, 1.82) is 0 Å². The second-order valence-electron chi connectivity index (χ2n) is 7.13. The Labute approximate surface area is 156 Å². The van der Waals surface area contributed by atoms with Crippen LogP contribution in [-0.2, 0) is 9.47 Å². The zero-order valence-electron chi connectivity index (χ0n) is 14.6. The third-order valence-electron chi connectivity index (χ3n) is 4.46. The predicted octanol–water partition coefficient (Wildman–Crippen LogP) is 4.15. The van der Waals surface area contributed by atoms with Crippen molar-refractivity contribution in [2.24, 2.45) is 0 Å². The lowest BCUT2D eigenvalue weighted by Gasteiger charge is -2.35. The van der Waals surface area contributed by atoms with E-state index >= 15 is 0 Å². The van der Waals surface area contributed by atoms with E-state index in [1.807, 2.05) is 13.8 Å². The number of carbonyl (C=O) groups is 1. The first-order valence-corrected chi connectivity index (χ1v) is 9.46. The zero-order chi connectivity index (χ0) is 18.0. The zero-order valence-corrected chi connectivity index (χ0v) is 16.2. The lowest BCUT2D eigenvalue weighted by molar-refractivity contribution is -0.217. The fraction of sp³-hybridized carbons (Fsp3) is 0.611. The van der Waals surface area contributed by atoms with Gasteiger partial charge in [0.25, 0.3) is 0 Å². The summed E-state index contributed by atoms with van der Waals surface area (Å²) in [5.41, 5.74) is -0.212. The topological polar surface area (TPSA) is 42.0 Å². The smallest absolute Gasteiger partial charge is 0.324 e. The highest BCUT2D eigenvalue weighted by atomic mass is 79.9. The molecular weight excluding hydrogens is 391 g/mol. The van der Waals surface area contributed by atoms with Gasteiger partial charge in [-0.25, -0.2) is 9.18 Å². The number of hydrogen-bond donors (Lipinski definition) is 0. The molecule has 1 aromatic rings. The van der Waals surface area contributed by atoms with Gasteiger partial charge in [-0.05, 0) is 51.3 Å². The van der Waals surface area contributed by atoms with Gasteiger partial charge in [0.1, 0.15) is 5.82 Å². The number of nitrogens with zero attached hydrogens (tertiary/aromatic N) is 2. The van der Waals surface area contributed by atoms with Crippen LogP contribution < -0.4 is 4.90 Å². The Kier molecular flexibility index (Phi) is 5.65. The average Bonchev–Trinajstić information content (AvgIpc) is 2.88. The maximum atomic E-state index is 14.2. The van der Waals surface area contributed by atoms with E-state index in [4.69, 9.17) is 9.47 Å². The Morgan fingerprint density at radius 1 is 1.36 bits per heavy atom. The van der Waals surface area contributed by atoms with E-state index in [9.17, 15) is 9.18 Å². The van der Waals surface area contributed by atoms with Crippen molar-refractivity contribution in [1.82, 2.24) is 4.90 Å². The molecule has 0 aliphatic carbocycles. The van der Waals surface area contributed by atoms with Crippen molar-refractivity contribution in [2.75, 3.05) is 31.1 Å². The molecule has 1 atom stereocenters. The highest BCUT2D eigenvalue weighted by Gasteiger charge is 2.36. The number of hydrogen-bond acceptors (Lipinski definition) is 3. The van der Waals surface area contributed by atoms with Crippen LogP contribution in [0.4, 0.5) is 14.9 Å². The van der Waals surface area contributed by atoms with Crippen LogP contribution >= 0.6 is 15.9 Å². The van der Waals surface area contributed by atoms with Gasteiger partial charge in [-0.15, -0.1) is 0 Å². The Balaban J connectivity index is 1.63. The van der Waals surface area contributed by atoms with E-state index in [2.05, 4.69) is 15.9 Å². The van der Waals surface area contributed by atoms with Gasteiger partial charge in [0, 0.05) is 24.2 Å². The molecule has 138 valence electrons. The second-order valence-corrected chi connectivity index (χ2v) is 8.04. The minimum absolute atomic E-state index is 0.192. The van der Waals surface area contributed by atoms with Gasteiger partial charge in [-0.3, -0.25) is 4.90 Å². The summed E-state index contributed by atoms with van der Waals surface area (Å²) < 4.78 is 26.5. The number of anilines is 1. The van der Waals surface area contributed by atoms with Crippen LogP contribution in [-0.4, -0.2) is 49.1 Å². The molecule has 2 amide bonds. The third-order valence-corrected chi connectivity index (χ3v) is 4.95. The van der Waals surface area contributed by atoms with Crippen LogP contribution in [0.5, 0.6) is 0 Å². The molecule has 0 radical (unpaired) electrons. The molecule has 0 saturated carbocycles. The average molecular weight is 415 g/mol. The van der Waals surface area contributed by atoms with E-state index in [-0.39, 0.29) is 12.3 Å². The minimum Gasteiger partial charge on any atom is -0.353 e. The van der Waals surface area contributed by atoms with Crippen molar-refractivity contribution in [2.45, 2.75) is 45.0 Å². The molecule has 25 heavy (non-hydrogen) atoms. The van der Waals surface area contributed by atoms with Crippen molar-refractivity contribution in [3.05, 3.63) is 28.5 Å². The number of benzene rings is 1. The van der Waals surface area contributed by atoms with Gasteiger partial charge in [-0.2, -0.15) is 0 Å². The van der Waals surface area contributed by atoms with Crippen LogP contribution in [0.2, 0.25) is 0 Å². The van der Waals surface area contributed by atoms with Crippen molar-refractivity contribution in [3.63, 3.8) is 0 Å². The summed E-state index contributed by atoms with van der Waals surface area (Å²) in [6.07, 6.45) is 2.84. The van der Waals surface area contributed by atoms with Gasteiger partial charge in [0.05, 0.1) is 17.8 Å². The summed E-state index contributed by atoms with van der Waals surface area (Å²) in [4.78, 5) is 15.9. The SMILES string of the molecule is CC(C)(CN1CCN(c2ccc(Br)cc2F)C1=O)OC1CCCCO1. The molecule has 2 saturated heterocycles. The van der Waals surface area contributed by atoms with Crippen molar-refractivity contribution < 1.29 is 18.7 Å². The highest BCUT2D eigenvalue weighted by Crippen LogP contribution is 2.28. The molecule has 0 spiro atoms.